The number of rotatable bonds is 15. The first-order chi connectivity index (χ1) is 18.4. The predicted molar refractivity (Wildman–Crippen MR) is 143 cm³/mol. The van der Waals surface area contributed by atoms with Gasteiger partial charge >= 0.3 is 13.8 Å². The largest absolute Gasteiger partial charge is 0.524 e. The summed E-state index contributed by atoms with van der Waals surface area (Å²) in [4.78, 5) is 67.0. The van der Waals surface area contributed by atoms with Gasteiger partial charge in [0.15, 0.2) is 0 Å². The van der Waals surface area contributed by atoms with Crippen molar-refractivity contribution in [3.63, 3.8) is 0 Å². The lowest BCUT2D eigenvalue weighted by Gasteiger charge is -2.27. The zero-order valence-corrected chi connectivity index (χ0v) is 23.3. The van der Waals surface area contributed by atoms with Crippen LogP contribution in [-0.2, 0) is 23.7 Å². The third-order valence-electron chi connectivity index (χ3n) is 6.84. The SMILES string of the molecule is CC(=O)NC(C(=O)O)C(CC(=O)NCCCCC1CCCCC1)NC(=O)C(C)c1ccc(OP(=O)(O)O)cc1. The molecule has 0 aliphatic heterocycles. The van der Waals surface area contributed by atoms with E-state index in [2.05, 4.69) is 20.5 Å². The van der Waals surface area contributed by atoms with Crippen molar-refractivity contribution in [3.05, 3.63) is 29.8 Å². The van der Waals surface area contributed by atoms with Crippen LogP contribution in [0.25, 0.3) is 0 Å². The number of hydrogen-bond donors (Lipinski definition) is 6. The van der Waals surface area contributed by atoms with E-state index < -0.39 is 49.5 Å². The van der Waals surface area contributed by atoms with Gasteiger partial charge in [-0.3, -0.25) is 24.2 Å². The molecule has 1 aliphatic rings. The first-order valence-electron chi connectivity index (χ1n) is 13.3. The van der Waals surface area contributed by atoms with E-state index in [0.717, 1.165) is 32.1 Å². The lowest BCUT2D eigenvalue weighted by Crippen LogP contribution is -2.57. The summed E-state index contributed by atoms with van der Waals surface area (Å²) < 4.78 is 15.5. The van der Waals surface area contributed by atoms with Gasteiger partial charge in [-0.1, -0.05) is 57.1 Å². The molecule has 1 aromatic rings. The van der Waals surface area contributed by atoms with E-state index >= 15 is 0 Å². The molecule has 0 saturated heterocycles. The molecular formula is C26H40N3O9P. The van der Waals surface area contributed by atoms with Crippen molar-refractivity contribution in [1.29, 1.82) is 0 Å². The standard InChI is InChI=1S/C26H40N3O9P/c1-17(20-11-13-21(14-12-20)38-39(35,36)37)25(32)29-22(24(26(33)34)28-18(2)30)16-23(31)27-15-7-6-10-19-8-4-3-5-9-19/h11-14,17,19,22,24H,3-10,15-16H2,1-2H3,(H,27,31)(H,28,30)(H,29,32)(H,33,34)(H2,35,36,37). The summed E-state index contributed by atoms with van der Waals surface area (Å²) in [5.41, 5.74) is 0.457. The highest BCUT2D eigenvalue weighted by molar-refractivity contribution is 7.46. The smallest absolute Gasteiger partial charge is 0.480 e. The number of carbonyl (C=O) groups excluding carboxylic acids is 3. The molecule has 2 rings (SSSR count). The minimum atomic E-state index is -4.74. The van der Waals surface area contributed by atoms with Crippen molar-refractivity contribution in [2.45, 2.75) is 89.6 Å². The quantitative estimate of drug-likeness (QED) is 0.136. The van der Waals surface area contributed by atoms with Crippen LogP contribution in [0.3, 0.4) is 0 Å². The highest BCUT2D eigenvalue weighted by Gasteiger charge is 2.33. The zero-order valence-electron chi connectivity index (χ0n) is 22.4. The normalized spacial score (nSPS) is 16.4. The Labute approximate surface area is 228 Å². The first-order valence-corrected chi connectivity index (χ1v) is 14.8. The summed E-state index contributed by atoms with van der Waals surface area (Å²) >= 11 is 0. The van der Waals surface area contributed by atoms with Crippen molar-refractivity contribution in [2.75, 3.05) is 6.54 Å². The molecule has 0 spiro atoms. The molecule has 12 nitrogen and oxygen atoms in total. The van der Waals surface area contributed by atoms with Crippen LogP contribution < -0.4 is 20.5 Å². The molecule has 1 aromatic carbocycles. The molecule has 13 heteroatoms. The summed E-state index contributed by atoms with van der Waals surface area (Å²) in [5.74, 6) is -3.22. The monoisotopic (exact) mass is 569 g/mol. The molecule has 0 radical (unpaired) electrons. The topological polar surface area (TPSA) is 191 Å². The van der Waals surface area contributed by atoms with Gasteiger partial charge in [0.2, 0.25) is 17.7 Å². The van der Waals surface area contributed by atoms with Gasteiger partial charge in [-0.25, -0.2) is 9.36 Å². The molecule has 3 amide bonds. The van der Waals surface area contributed by atoms with E-state index in [-0.39, 0.29) is 12.2 Å². The van der Waals surface area contributed by atoms with Gasteiger partial charge < -0.3 is 25.6 Å². The number of phosphoric ester groups is 1. The number of carboxylic acids is 1. The summed E-state index contributed by atoms with van der Waals surface area (Å²) in [7, 11) is -4.74. The van der Waals surface area contributed by atoms with Crippen molar-refractivity contribution >= 4 is 31.5 Å². The molecule has 1 aliphatic carbocycles. The molecule has 218 valence electrons. The summed E-state index contributed by atoms with van der Waals surface area (Å²) in [6.07, 6.45) is 8.95. The van der Waals surface area contributed by atoms with Gasteiger partial charge in [-0.05, 0) is 37.0 Å². The fraction of sp³-hybridized carbons (Fsp3) is 0.615. The second kappa shape index (κ2) is 15.6. The summed E-state index contributed by atoms with van der Waals surface area (Å²) in [6.45, 7) is 3.13. The lowest BCUT2D eigenvalue weighted by molar-refractivity contribution is -0.143. The Bertz CT molecular complexity index is 1020. The average molecular weight is 570 g/mol. The molecule has 3 unspecified atom stereocenters. The van der Waals surface area contributed by atoms with E-state index in [0.29, 0.717) is 12.1 Å². The number of carbonyl (C=O) groups is 4. The zero-order chi connectivity index (χ0) is 29.0. The van der Waals surface area contributed by atoms with Gasteiger partial charge in [0.1, 0.15) is 11.8 Å². The maximum Gasteiger partial charge on any atom is 0.524 e. The minimum absolute atomic E-state index is 0.0930. The van der Waals surface area contributed by atoms with Gasteiger partial charge in [0, 0.05) is 19.9 Å². The van der Waals surface area contributed by atoms with Crippen molar-refractivity contribution < 1.29 is 43.2 Å². The van der Waals surface area contributed by atoms with Crippen LogP contribution >= 0.6 is 7.82 Å². The summed E-state index contributed by atoms with van der Waals surface area (Å²) in [6, 6.07) is 2.69. The Hall–Kier alpha value is -2.95. The molecule has 0 bridgehead atoms. The lowest BCUT2D eigenvalue weighted by atomic mass is 9.86. The van der Waals surface area contributed by atoms with Crippen molar-refractivity contribution in [1.82, 2.24) is 16.0 Å². The fourth-order valence-electron chi connectivity index (χ4n) is 4.75. The van der Waals surface area contributed by atoms with Gasteiger partial charge in [0.05, 0.1) is 12.0 Å². The molecule has 3 atom stereocenters. The number of hydrogen-bond acceptors (Lipinski definition) is 6. The first kappa shape index (κ1) is 32.3. The highest BCUT2D eigenvalue weighted by Crippen LogP contribution is 2.37. The number of unbranched alkanes of at least 4 members (excludes halogenated alkanes) is 1. The maximum atomic E-state index is 13.0. The Morgan fingerprint density at radius 3 is 2.23 bits per heavy atom. The summed E-state index contributed by atoms with van der Waals surface area (Å²) in [5, 5.41) is 17.3. The fourth-order valence-corrected chi connectivity index (χ4v) is 5.15. The molecule has 6 N–H and O–H groups in total. The van der Waals surface area contributed by atoms with E-state index in [1.165, 1.54) is 56.4 Å². The number of benzene rings is 1. The third-order valence-corrected chi connectivity index (χ3v) is 7.29. The predicted octanol–water partition coefficient (Wildman–Crippen LogP) is 2.59. The number of aliphatic carboxylic acids is 1. The minimum Gasteiger partial charge on any atom is -0.480 e. The second-order valence-electron chi connectivity index (χ2n) is 10.1. The van der Waals surface area contributed by atoms with Gasteiger partial charge in [-0.2, -0.15) is 0 Å². The molecule has 39 heavy (non-hydrogen) atoms. The van der Waals surface area contributed by atoms with E-state index in [4.69, 9.17) is 9.79 Å². The Morgan fingerprint density at radius 2 is 1.67 bits per heavy atom. The van der Waals surface area contributed by atoms with E-state index in [1.807, 2.05) is 0 Å². The Morgan fingerprint density at radius 1 is 1.03 bits per heavy atom. The van der Waals surface area contributed by atoms with E-state index in [1.54, 1.807) is 6.92 Å². The number of amides is 3. The Balaban J connectivity index is 1.99. The van der Waals surface area contributed by atoms with E-state index in [9.17, 15) is 28.8 Å². The Kier molecular flexibility index (Phi) is 12.9. The van der Waals surface area contributed by atoms with Crippen LogP contribution in [0.5, 0.6) is 5.75 Å². The second-order valence-corrected chi connectivity index (χ2v) is 11.2. The highest BCUT2D eigenvalue weighted by atomic mass is 31.2. The van der Waals surface area contributed by atoms with Crippen LogP contribution in [-0.4, -0.2) is 57.2 Å². The molecule has 1 fully saturated rings. The molecule has 1 saturated carbocycles. The molecule has 0 heterocycles. The maximum absolute atomic E-state index is 13.0. The average Bonchev–Trinajstić information content (AvgIpc) is 2.86. The third kappa shape index (κ3) is 12.2. The molecule has 0 aromatic heterocycles. The van der Waals surface area contributed by atoms with Crippen LogP contribution in [0.4, 0.5) is 0 Å². The van der Waals surface area contributed by atoms with Crippen LogP contribution in [0, 0.1) is 5.92 Å². The van der Waals surface area contributed by atoms with Crippen molar-refractivity contribution in [2.24, 2.45) is 5.92 Å². The number of phosphoric acid groups is 1. The van der Waals surface area contributed by atoms with Crippen LogP contribution in [0.1, 0.15) is 83.1 Å². The van der Waals surface area contributed by atoms with Gasteiger partial charge in [0.25, 0.3) is 0 Å². The van der Waals surface area contributed by atoms with Crippen LogP contribution in [0.15, 0.2) is 24.3 Å². The number of nitrogens with one attached hydrogen (secondary N) is 3. The van der Waals surface area contributed by atoms with Gasteiger partial charge in [-0.15, -0.1) is 0 Å². The van der Waals surface area contributed by atoms with Crippen molar-refractivity contribution in [3.8, 4) is 5.75 Å². The number of carboxylic acid groups (broad SMARTS) is 1. The molecular weight excluding hydrogens is 529 g/mol. The van der Waals surface area contributed by atoms with Crippen LogP contribution in [0.2, 0.25) is 0 Å².